The van der Waals surface area contributed by atoms with Crippen molar-refractivity contribution < 1.29 is 9.66 Å². The number of nitro benzene ring substituents is 1. The number of anilines is 1. The van der Waals surface area contributed by atoms with Gasteiger partial charge in [0.15, 0.2) is 0 Å². The normalized spacial score (nSPS) is 18.3. The number of hydrogen-bond donors (Lipinski definition) is 1. The average Bonchev–Trinajstić information content (AvgIpc) is 2.93. The molecule has 0 amide bonds. The Labute approximate surface area is 112 Å². The predicted molar refractivity (Wildman–Crippen MR) is 73.9 cm³/mol. The van der Waals surface area contributed by atoms with E-state index in [0.29, 0.717) is 11.8 Å². The lowest BCUT2D eigenvalue weighted by Gasteiger charge is -2.29. The highest BCUT2D eigenvalue weighted by atomic mass is 16.6. The zero-order chi connectivity index (χ0) is 13.8. The summed E-state index contributed by atoms with van der Waals surface area (Å²) < 4.78 is 5.16. The molecule has 1 aliphatic heterocycles. The predicted octanol–water partition coefficient (Wildman–Crippen LogP) is 1.79. The fraction of sp³-hybridized carbons (Fsp3) is 0.538. The molecular formula is C13H19N3O3. The molecule has 0 saturated carbocycles. The second-order valence-electron chi connectivity index (χ2n) is 4.58. The highest BCUT2D eigenvalue weighted by molar-refractivity contribution is 5.58. The molecule has 1 fully saturated rings. The fourth-order valence-electron chi connectivity index (χ4n) is 2.51. The van der Waals surface area contributed by atoms with Crippen LogP contribution >= 0.6 is 0 Å². The third kappa shape index (κ3) is 2.96. The molecule has 104 valence electrons. The van der Waals surface area contributed by atoms with E-state index in [1.807, 2.05) is 6.07 Å². The van der Waals surface area contributed by atoms with Gasteiger partial charge in [0, 0.05) is 37.0 Å². The van der Waals surface area contributed by atoms with Crippen molar-refractivity contribution >= 4 is 11.4 Å². The molecule has 0 aromatic heterocycles. The van der Waals surface area contributed by atoms with Crippen LogP contribution in [0.5, 0.6) is 5.75 Å². The van der Waals surface area contributed by atoms with Gasteiger partial charge in [0.1, 0.15) is 5.75 Å². The standard InChI is InChI=1S/C13H19N3O3/c1-3-15(10-4-5-14-9-10)11-6-12(16(17)18)8-13(7-11)19-2/h6-8,10,14H,3-5,9H2,1-2H3. The van der Waals surface area contributed by atoms with Gasteiger partial charge >= 0.3 is 0 Å². The molecule has 1 N–H and O–H groups in total. The molecule has 6 heteroatoms. The van der Waals surface area contributed by atoms with E-state index in [2.05, 4.69) is 17.1 Å². The molecule has 1 saturated heterocycles. The van der Waals surface area contributed by atoms with E-state index in [0.717, 1.165) is 31.7 Å². The molecule has 2 rings (SSSR count). The van der Waals surface area contributed by atoms with Crippen molar-refractivity contribution in [1.82, 2.24) is 5.32 Å². The van der Waals surface area contributed by atoms with Gasteiger partial charge in [0.25, 0.3) is 5.69 Å². The minimum absolute atomic E-state index is 0.0683. The molecular weight excluding hydrogens is 246 g/mol. The van der Waals surface area contributed by atoms with Crippen LogP contribution in [-0.2, 0) is 0 Å². The Hall–Kier alpha value is -1.82. The van der Waals surface area contributed by atoms with Crippen LogP contribution in [0.2, 0.25) is 0 Å². The zero-order valence-corrected chi connectivity index (χ0v) is 11.3. The van der Waals surface area contributed by atoms with Crippen LogP contribution in [-0.4, -0.2) is 37.7 Å². The van der Waals surface area contributed by atoms with Gasteiger partial charge in [-0.3, -0.25) is 10.1 Å². The van der Waals surface area contributed by atoms with E-state index >= 15 is 0 Å². The third-order valence-electron chi connectivity index (χ3n) is 3.47. The maximum Gasteiger partial charge on any atom is 0.275 e. The highest BCUT2D eigenvalue weighted by Gasteiger charge is 2.23. The number of ether oxygens (including phenoxy) is 1. The molecule has 0 spiro atoms. The summed E-state index contributed by atoms with van der Waals surface area (Å²) in [5.41, 5.74) is 0.918. The average molecular weight is 265 g/mol. The largest absolute Gasteiger partial charge is 0.496 e. The summed E-state index contributed by atoms with van der Waals surface area (Å²) in [7, 11) is 1.52. The topological polar surface area (TPSA) is 67.6 Å². The Morgan fingerprint density at radius 3 is 2.84 bits per heavy atom. The Morgan fingerprint density at radius 2 is 2.32 bits per heavy atom. The van der Waals surface area contributed by atoms with Crippen molar-refractivity contribution in [3.8, 4) is 5.75 Å². The van der Waals surface area contributed by atoms with Crippen molar-refractivity contribution in [2.45, 2.75) is 19.4 Å². The Morgan fingerprint density at radius 1 is 1.53 bits per heavy atom. The number of nitro groups is 1. The van der Waals surface area contributed by atoms with Gasteiger partial charge in [0.2, 0.25) is 0 Å². The lowest BCUT2D eigenvalue weighted by Crippen LogP contribution is -2.36. The van der Waals surface area contributed by atoms with Gasteiger partial charge < -0.3 is 15.0 Å². The molecule has 0 aliphatic carbocycles. The summed E-state index contributed by atoms with van der Waals surface area (Å²) in [5, 5.41) is 14.3. The molecule has 19 heavy (non-hydrogen) atoms. The van der Waals surface area contributed by atoms with Crippen LogP contribution in [0.1, 0.15) is 13.3 Å². The molecule has 0 bridgehead atoms. The molecule has 1 aromatic rings. The van der Waals surface area contributed by atoms with Crippen LogP contribution in [0.3, 0.4) is 0 Å². The summed E-state index contributed by atoms with van der Waals surface area (Å²) in [6.07, 6.45) is 1.05. The van der Waals surface area contributed by atoms with Crippen molar-refractivity contribution in [1.29, 1.82) is 0 Å². The van der Waals surface area contributed by atoms with Gasteiger partial charge in [-0.15, -0.1) is 0 Å². The number of likely N-dealkylation sites (N-methyl/N-ethyl adjacent to an activating group) is 1. The quantitative estimate of drug-likeness (QED) is 0.649. The summed E-state index contributed by atoms with van der Waals surface area (Å²) in [6, 6.07) is 5.31. The monoisotopic (exact) mass is 265 g/mol. The molecule has 1 aromatic carbocycles. The maximum atomic E-state index is 11.0. The fourth-order valence-corrected chi connectivity index (χ4v) is 2.51. The first-order valence-electron chi connectivity index (χ1n) is 6.46. The number of hydrogen-bond acceptors (Lipinski definition) is 5. The minimum atomic E-state index is -0.382. The van der Waals surface area contributed by atoms with Crippen molar-refractivity contribution in [2.75, 3.05) is 31.6 Å². The second kappa shape index (κ2) is 5.88. The maximum absolute atomic E-state index is 11.0. The van der Waals surface area contributed by atoms with Crippen LogP contribution in [0.15, 0.2) is 18.2 Å². The minimum Gasteiger partial charge on any atom is -0.496 e. The number of nitrogens with one attached hydrogen (secondary N) is 1. The van der Waals surface area contributed by atoms with Gasteiger partial charge in [-0.2, -0.15) is 0 Å². The number of methoxy groups -OCH3 is 1. The van der Waals surface area contributed by atoms with Crippen molar-refractivity contribution in [3.05, 3.63) is 28.3 Å². The van der Waals surface area contributed by atoms with E-state index in [4.69, 9.17) is 4.74 Å². The number of rotatable bonds is 5. The smallest absolute Gasteiger partial charge is 0.275 e. The van der Waals surface area contributed by atoms with Crippen LogP contribution in [0.25, 0.3) is 0 Å². The molecule has 1 heterocycles. The lowest BCUT2D eigenvalue weighted by atomic mass is 10.1. The Balaban J connectivity index is 2.35. The molecule has 6 nitrogen and oxygen atoms in total. The SMILES string of the molecule is CCN(c1cc(OC)cc([N+](=O)[O-])c1)C1CCNC1. The van der Waals surface area contributed by atoms with Crippen LogP contribution in [0, 0.1) is 10.1 Å². The van der Waals surface area contributed by atoms with Crippen LogP contribution < -0.4 is 15.0 Å². The third-order valence-corrected chi connectivity index (χ3v) is 3.47. The van der Waals surface area contributed by atoms with E-state index in [9.17, 15) is 10.1 Å². The van der Waals surface area contributed by atoms with Crippen molar-refractivity contribution in [3.63, 3.8) is 0 Å². The first kappa shape index (κ1) is 13.6. The zero-order valence-electron chi connectivity index (χ0n) is 11.3. The van der Waals surface area contributed by atoms with E-state index < -0.39 is 0 Å². The van der Waals surface area contributed by atoms with Gasteiger partial charge in [-0.05, 0) is 19.9 Å². The van der Waals surface area contributed by atoms with E-state index in [1.165, 1.54) is 13.2 Å². The van der Waals surface area contributed by atoms with E-state index in [1.54, 1.807) is 6.07 Å². The van der Waals surface area contributed by atoms with Gasteiger partial charge in [0.05, 0.1) is 18.1 Å². The van der Waals surface area contributed by atoms with Crippen LogP contribution in [0.4, 0.5) is 11.4 Å². The van der Waals surface area contributed by atoms with Gasteiger partial charge in [-0.1, -0.05) is 0 Å². The summed E-state index contributed by atoms with van der Waals surface area (Å²) in [6.45, 7) is 4.78. The van der Waals surface area contributed by atoms with E-state index in [-0.39, 0.29) is 10.6 Å². The number of benzene rings is 1. The summed E-state index contributed by atoms with van der Waals surface area (Å²) >= 11 is 0. The number of non-ortho nitro benzene ring substituents is 1. The molecule has 0 radical (unpaired) electrons. The first-order chi connectivity index (χ1) is 9.15. The first-order valence-corrected chi connectivity index (χ1v) is 6.46. The van der Waals surface area contributed by atoms with Gasteiger partial charge in [-0.25, -0.2) is 0 Å². The molecule has 1 atom stereocenters. The molecule has 1 unspecified atom stereocenters. The Bertz CT molecular complexity index is 458. The summed E-state index contributed by atoms with van der Waals surface area (Å²) in [5.74, 6) is 0.522. The molecule has 1 aliphatic rings. The lowest BCUT2D eigenvalue weighted by molar-refractivity contribution is -0.384. The van der Waals surface area contributed by atoms with Crippen molar-refractivity contribution in [2.24, 2.45) is 0 Å². The summed E-state index contributed by atoms with van der Waals surface area (Å²) in [4.78, 5) is 12.8. The highest BCUT2D eigenvalue weighted by Crippen LogP contribution is 2.30. The number of nitrogens with zero attached hydrogens (tertiary/aromatic N) is 2. The Kier molecular flexibility index (Phi) is 4.21. The second-order valence-corrected chi connectivity index (χ2v) is 4.58.